The number of ketones is 1. The Labute approximate surface area is 157 Å². The number of hydrogen-bond acceptors (Lipinski definition) is 3. The van der Waals surface area contributed by atoms with Crippen LogP contribution in [0, 0.1) is 17.3 Å². The van der Waals surface area contributed by atoms with Gasteiger partial charge in [-0.3, -0.25) is 4.79 Å². The van der Waals surface area contributed by atoms with E-state index in [1.807, 2.05) is 6.08 Å². The Morgan fingerprint density at radius 1 is 1.31 bits per heavy atom. The average molecular weight is 357 g/mol. The number of ether oxygens (including phenoxy) is 1. The third-order valence-corrected chi connectivity index (χ3v) is 6.59. The molecule has 0 bridgehead atoms. The summed E-state index contributed by atoms with van der Waals surface area (Å²) in [6, 6.07) is 0. The van der Waals surface area contributed by atoms with Gasteiger partial charge in [0.1, 0.15) is 6.10 Å². The van der Waals surface area contributed by atoms with Crippen LogP contribution in [0.1, 0.15) is 72.6 Å². The zero-order valence-corrected chi connectivity index (χ0v) is 16.6. The van der Waals surface area contributed by atoms with Gasteiger partial charge in [0.2, 0.25) is 0 Å². The van der Waals surface area contributed by atoms with Crippen LogP contribution in [-0.4, -0.2) is 17.9 Å². The number of hydrogen-bond donors (Lipinski definition) is 0. The molecule has 2 aliphatic carbocycles. The van der Waals surface area contributed by atoms with Crippen molar-refractivity contribution in [2.45, 2.75) is 78.7 Å². The molecule has 0 spiro atoms. The molecule has 0 aromatic heterocycles. The molecule has 1 fully saturated rings. The maximum Gasteiger partial charge on any atom is 0.341 e. The molecular weight excluding hydrogens is 324 g/mol. The van der Waals surface area contributed by atoms with E-state index in [1.54, 1.807) is 0 Å². The number of esters is 1. The molecule has 0 saturated heterocycles. The quantitative estimate of drug-likeness (QED) is 0.389. The Bertz CT molecular complexity index is 678. The molecule has 3 rings (SSSR count). The molecule has 0 N–H and O–H groups in total. The minimum Gasteiger partial charge on any atom is -0.457 e. The van der Waals surface area contributed by atoms with Crippen molar-refractivity contribution in [3.8, 4) is 0 Å². The number of fused-ring (bicyclic) bond motifs is 4. The first-order valence-electron chi connectivity index (χ1n) is 10.1. The van der Waals surface area contributed by atoms with Crippen LogP contribution in [0.25, 0.3) is 0 Å². The minimum absolute atomic E-state index is 0.0490. The molecule has 3 heteroatoms. The third-order valence-electron chi connectivity index (χ3n) is 6.59. The topological polar surface area (TPSA) is 43.4 Å². The number of rotatable bonds is 4. The number of carbonyl (C=O) groups excluding carboxylic acids is 2. The first-order valence-corrected chi connectivity index (χ1v) is 10.1. The van der Waals surface area contributed by atoms with Crippen molar-refractivity contribution >= 4 is 11.8 Å². The predicted octanol–water partition coefficient (Wildman–Crippen LogP) is 5.32. The summed E-state index contributed by atoms with van der Waals surface area (Å²) < 4.78 is 5.89. The van der Waals surface area contributed by atoms with Gasteiger partial charge in [0.05, 0.1) is 5.57 Å². The maximum absolute atomic E-state index is 12.4. The molecule has 0 radical (unpaired) electrons. The molecule has 1 heterocycles. The third kappa shape index (κ3) is 3.45. The van der Waals surface area contributed by atoms with Gasteiger partial charge >= 0.3 is 5.97 Å². The molecule has 26 heavy (non-hydrogen) atoms. The molecule has 1 aliphatic heterocycles. The fourth-order valence-corrected chi connectivity index (χ4v) is 5.27. The second-order valence-corrected chi connectivity index (χ2v) is 8.66. The highest BCUT2D eigenvalue weighted by molar-refractivity contribution is 6.17. The van der Waals surface area contributed by atoms with Crippen LogP contribution in [0.5, 0.6) is 0 Å². The summed E-state index contributed by atoms with van der Waals surface area (Å²) >= 11 is 0. The largest absolute Gasteiger partial charge is 0.457 e. The highest BCUT2D eigenvalue weighted by Crippen LogP contribution is 2.62. The minimum atomic E-state index is -0.409. The predicted molar refractivity (Wildman–Crippen MR) is 104 cm³/mol. The van der Waals surface area contributed by atoms with E-state index in [9.17, 15) is 9.59 Å². The zero-order valence-electron chi connectivity index (χ0n) is 16.6. The summed E-state index contributed by atoms with van der Waals surface area (Å²) in [6.45, 7) is 7.93. The van der Waals surface area contributed by atoms with Crippen LogP contribution in [0.2, 0.25) is 0 Å². The second-order valence-electron chi connectivity index (χ2n) is 8.66. The maximum atomic E-state index is 12.4. The lowest BCUT2D eigenvalue weighted by atomic mass is 9.46. The first-order chi connectivity index (χ1) is 12.3. The Morgan fingerprint density at radius 3 is 2.77 bits per heavy atom. The van der Waals surface area contributed by atoms with Gasteiger partial charge in [-0.25, -0.2) is 4.79 Å². The fourth-order valence-electron chi connectivity index (χ4n) is 5.27. The molecule has 0 aromatic carbocycles. The van der Waals surface area contributed by atoms with E-state index in [0.29, 0.717) is 11.8 Å². The molecule has 142 valence electrons. The van der Waals surface area contributed by atoms with Gasteiger partial charge in [-0.15, -0.1) is 0 Å². The monoisotopic (exact) mass is 356 g/mol. The van der Waals surface area contributed by atoms with Gasteiger partial charge in [-0.1, -0.05) is 29.4 Å². The van der Waals surface area contributed by atoms with E-state index in [1.165, 1.54) is 18.1 Å². The smallest absolute Gasteiger partial charge is 0.341 e. The van der Waals surface area contributed by atoms with Gasteiger partial charge in [0.25, 0.3) is 0 Å². The van der Waals surface area contributed by atoms with Crippen LogP contribution >= 0.6 is 0 Å². The molecule has 0 unspecified atom stereocenters. The molecule has 1 saturated carbocycles. The molecule has 3 nitrogen and oxygen atoms in total. The fraction of sp³-hybridized carbons (Fsp3) is 0.652. The van der Waals surface area contributed by atoms with E-state index in [4.69, 9.17) is 4.74 Å². The Morgan fingerprint density at radius 2 is 2.08 bits per heavy atom. The average Bonchev–Trinajstić information content (AvgIpc) is 2.64. The highest BCUT2D eigenvalue weighted by Gasteiger charge is 2.63. The first kappa shape index (κ1) is 19.1. The van der Waals surface area contributed by atoms with Gasteiger partial charge in [-0.2, -0.15) is 0 Å². The van der Waals surface area contributed by atoms with Gasteiger partial charge in [0, 0.05) is 11.3 Å². The Hall–Kier alpha value is -1.64. The van der Waals surface area contributed by atoms with Crippen LogP contribution < -0.4 is 0 Å². The zero-order chi connectivity index (χ0) is 18.9. The lowest BCUT2D eigenvalue weighted by Crippen LogP contribution is -2.63. The van der Waals surface area contributed by atoms with Crippen molar-refractivity contribution in [3.05, 3.63) is 34.9 Å². The summed E-state index contributed by atoms with van der Waals surface area (Å²) in [4.78, 5) is 24.4. The summed E-state index contributed by atoms with van der Waals surface area (Å²) in [5.41, 5.74) is 2.89. The van der Waals surface area contributed by atoms with Crippen molar-refractivity contribution in [1.82, 2.24) is 0 Å². The normalized spacial score (nSPS) is 35.7. The summed E-state index contributed by atoms with van der Waals surface area (Å²) in [6.07, 6.45) is 14.1. The summed E-state index contributed by atoms with van der Waals surface area (Å²) in [5.74, 6) is 0.363. The Balaban J connectivity index is 1.95. The number of Topliss-reactive ketones (excluding diaryl/α,β-unsaturated/α-hetero) is 1. The summed E-state index contributed by atoms with van der Waals surface area (Å²) in [7, 11) is 0. The van der Waals surface area contributed by atoms with Crippen molar-refractivity contribution in [2.24, 2.45) is 17.3 Å². The molecule has 0 aromatic rings. The van der Waals surface area contributed by atoms with E-state index >= 15 is 0 Å². The summed E-state index contributed by atoms with van der Waals surface area (Å²) in [5, 5.41) is 0. The van der Waals surface area contributed by atoms with Gasteiger partial charge in [-0.05, 0) is 78.6 Å². The SMILES string of the molecule is CC(=O)C1=C[C@]2(CCC=C(C)C)[C@H](OC1=O)[C@H]1CCC/C=C(/C)CC[C@@H]12. The van der Waals surface area contributed by atoms with Crippen molar-refractivity contribution in [1.29, 1.82) is 0 Å². The molecular formula is C23H32O3. The molecule has 3 aliphatic rings. The standard InChI is InChI=1S/C23H32O3/c1-15(2)8-7-13-23-14-19(17(4)24)22(25)26-21(23)18-10-6-5-9-16(3)11-12-20(18)23/h8-9,14,18,20-21H,5-7,10-13H2,1-4H3/b16-9-/t18-,20-,21+,23-/m0/s1. The molecule has 0 amide bonds. The van der Waals surface area contributed by atoms with Crippen molar-refractivity contribution in [3.63, 3.8) is 0 Å². The van der Waals surface area contributed by atoms with E-state index < -0.39 is 5.97 Å². The van der Waals surface area contributed by atoms with Crippen molar-refractivity contribution in [2.75, 3.05) is 0 Å². The van der Waals surface area contributed by atoms with Crippen LogP contribution in [0.4, 0.5) is 0 Å². The van der Waals surface area contributed by atoms with Crippen LogP contribution in [0.3, 0.4) is 0 Å². The lowest BCUT2D eigenvalue weighted by Gasteiger charge is -2.61. The van der Waals surface area contributed by atoms with E-state index in [-0.39, 0.29) is 22.9 Å². The van der Waals surface area contributed by atoms with Gasteiger partial charge in [0.15, 0.2) is 5.78 Å². The van der Waals surface area contributed by atoms with Gasteiger partial charge < -0.3 is 4.74 Å². The number of allylic oxidation sites excluding steroid dienone is 4. The van der Waals surface area contributed by atoms with E-state index in [2.05, 4.69) is 32.9 Å². The highest BCUT2D eigenvalue weighted by atomic mass is 16.5. The Kier molecular flexibility index (Phi) is 5.55. The van der Waals surface area contributed by atoms with Crippen LogP contribution in [0.15, 0.2) is 34.9 Å². The number of carbonyl (C=O) groups is 2. The lowest BCUT2D eigenvalue weighted by molar-refractivity contribution is -0.204. The van der Waals surface area contributed by atoms with Crippen molar-refractivity contribution < 1.29 is 14.3 Å². The second kappa shape index (κ2) is 7.54. The van der Waals surface area contributed by atoms with E-state index in [0.717, 1.165) is 44.9 Å². The van der Waals surface area contributed by atoms with Crippen LogP contribution in [-0.2, 0) is 14.3 Å². The molecule has 4 atom stereocenters.